The number of sulfone groups is 2. The molecule has 0 bridgehead atoms. The van der Waals surface area contributed by atoms with E-state index >= 15 is 0 Å². The molecule has 0 fully saturated rings. The van der Waals surface area contributed by atoms with Crippen LogP contribution in [0, 0.1) is 0 Å². The van der Waals surface area contributed by atoms with Gasteiger partial charge in [-0.1, -0.05) is 18.2 Å². The summed E-state index contributed by atoms with van der Waals surface area (Å²) >= 11 is 0. The Hall–Kier alpha value is -1.18. The van der Waals surface area contributed by atoms with Gasteiger partial charge in [-0.2, -0.15) is 0 Å². The molecule has 0 heterocycles. The first-order valence-corrected chi connectivity index (χ1v) is 8.85. The highest BCUT2D eigenvalue weighted by molar-refractivity contribution is 7.93. The van der Waals surface area contributed by atoms with Crippen LogP contribution in [0.25, 0.3) is 6.08 Å². The molecule has 0 saturated heterocycles. The Morgan fingerprint density at radius 1 is 1.06 bits per heavy atom. The zero-order valence-corrected chi connectivity index (χ0v) is 11.8. The Balaban J connectivity index is 3.55. The average Bonchev–Trinajstić information content (AvgIpc) is 2.23. The molecule has 0 radical (unpaired) electrons. The minimum atomic E-state index is -3.61. The number of hydrogen-bond donors (Lipinski definition) is 1. The van der Waals surface area contributed by atoms with Crippen molar-refractivity contribution in [3.63, 3.8) is 0 Å². The van der Waals surface area contributed by atoms with E-state index in [0.29, 0.717) is 12.1 Å². The molecule has 7 heteroatoms. The molecule has 0 aromatic heterocycles. The summed E-state index contributed by atoms with van der Waals surface area (Å²) in [6.07, 6.45) is 5.25. The first-order chi connectivity index (χ1) is 8.16. The van der Waals surface area contributed by atoms with Gasteiger partial charge in [0.1, 0.15) is 0 Å². The Labute approximate surface area is 107 Å². The average molecular weight is 289 g/mol. The standard InChI is InChI=1S/C11H15NO4S2/c1-17(13,14)10-6-5-9(4-3-7-12)8-11(10)18(2,15)16/h3-6,8H,7,12H2,1-2H3/b4-3+. The predicted molar refractivity (Wildman–Crippen MR) is 70.8 cm³/mol. The van der Waals surface area contributed by atoms with Crippen LogP contribution in [0.5, 0.6) is 0 Å². The van der Waals surface area contributed by atoms with Crippen LogP contribution in [-0.4, -0.2) is 35.9 Å². The van der Waals surface area contributed by atoms with Crippen LogP contribution in [0.15, 0.2) is 34.1 Å². The minimum Gasteiger partial charge on any atom is -0.327 e. The molecule has 0 spiro atoms. The Morgan fingerprint density at radius 2 is 1.61 bits per heavy atom. The minimum absolute atomic E-state index is 0.185. The summed E-state index contributed by atoms with van der Waals surface area (Å²) < 4.78 is 46.3. The van der Waals surface area contributed by atoms with E-state index in [1.54, 1.807) is 12.2 Å². The van der Waals surface area contributed by atoms with Crippen molar-refractivity contribution in [1.29, 1.82) is 0 Å². The summed E-state index contributed by atoms with van der Waals surface area (Å²) in [6.45, 7) is 0.321. The molecule has 1 aromatic rings. The molecule has 2 N–H and O–H groups in total. The monoisotopic (exact) mass is 289 g/mol. The molecule has 0 saturated carbocycles. The van der Waals surface area contributed by atoms with Crippen LogP contribution in [0.3, 0.4) is 0 Å². The van der Waals surface area contributed by atoms with Crippen LogP contribution in [0.4, 0.5) is 0 Å². The van der Waals surface area contributed by atoms with Crippen molar-refractivity contribution in [3.8, 4) is 0 Å². The van der Waals surface area contributed by atoms with Crippen LogP contribution in [-0.2, 0) is 19.7 Å². The normalized spacial score (nSPS) is 13.1. The van der Waals surface area contributed by atoms with Gasteiger partial charge >= 0.3 is 0 Å². The van der Waals surface area contributed by atoms with E-state index in [4.69, 9.17) is 5.73 Å². The lowest BCUT2D eigenvalue weighted by molar-refractivity contribution is 0.589. The van der Waals surface area contributed by atoms with E-state index in [0.717, 1.165) is 12.5 Å². The number of rotatable bonds is 4. The fraction of sp³-hybridized carbons (Fsp3) is 0.273. The molecule has 0 amide bonds. The Kier molecular flexibility index (Phi) is 4.31. The third-order valence-corrected chi connectivity index (χ3v) is 4.63. The Morgan fingerprint density at radius 3 is 2.06 bits per heavy atom. The van der Waals surface area contributed by atoms with E-state index in [1.807, 2.05) is 0 Å². The van der Waals surface area contributed by atoms with E-state index in [9.17, 15) is 16.8 Å². The van der Waals surface area contributed by atoms with Gasteiger partial charge in [-0.3, -0.25) is 0 Å². The van der Waals surface area contributed by atoms with Crippen molar-refractivity contribution in [3.05, 3.63) is 29.8 Å². The molecule has 0 aliphatic heterocycles. The molecule has 0 aliphatic carbocycles. The first-order valence-electron chi connectivity index (χ1n) is 5.07. The quantitative estimate of drug-likeness (QED) is 0.869. The fourth-order valence-electron chi connectivity index (χ4n) is 1.43. The molecular formula is C11H15NO4S2. The third-order valence-electron chi connectivity index (χ3n) is 2.21. The maximum atomic E-state index is 11.6. The zero-order valence-electron chi connectivity index (χ0n) is 10.1. The Bertz CT molecular complexity index is 673. The highest BCUT2D eigenvalue weighted by Gasteiger charge is 2.20. The van der Waals surface area contributed by atoms with E-state index in [-0.39, 0.29) is 9.79 Å². The molecule has 0 atom stereocenters. The van der Waals surface area contributed by atoms with Gasteiger partial charge in [-0.25, -0.2) is 16.8 Å². The van der Waals surface area contributed by atoms with Crippen LogP contribution >= 0.6 is 0 Å². The molecule has 18 heavy (non-hydrogen) atoms. The molecular weight excluding hydrogens is 274 g/mol. The maximum absolute atomic E-state index is 11.6. The number of nitrogens with two attached hydrogens (primary N) is 1. The van der Waals surface area contributed by atoms with E-state index in [1.165, 1.54) is 18.2 Å². The highest BCUT2D eigenvalue weighted by atomic mass is 32.2. The van der Waals surface area contributed by atoms with Crippen molar-refractivity contribution in [2.45, 2.75) is 9.79 Å². The van der Waals surface area contributed by atoms with Gasteiger partial charge < -0.3 is 5.73 Å². The second-order valence-corrected chi connectivity index (χ2v) is 7.86. The van der Waals surface area contributed by atoms with Gasteiger partial charge in [0.25, 0.3) is 0 Å². The number of benzene rings is 1. The first kappa shape index (κ1) is 14.9. The van der Waals surface area contributed by atoms with Crippen molar-refractivity contribution in [2.24, 2.45) is 5.73 Å². The van der Waals surface area contributed by atoms with E-state index in [2.05, 4.69) is 0 Å². The molecule has 0 aliphatic rings. The van der Waals surface area contributed by atoms with Crippen molar-refractivity contribution < 1.29 is 16.8 Å². The second-order valence-electron chi connectivity index (χ2n) is 3.89. The summed E-state index contributed by atoms with van der Waals surface area (Å²) in [4.78, 5) is -0.376. The van der Waals surface area contributed by atoms with Gasteiger partial charge in [0.2, 0.25) is 0 Å². The number of hydrogen-bond acceptors (Lipinski definition) is 5. The second kappa shape index (κ2) is 5.21. The molecule has 1 rings (SSSR count). The van der Waals surface area contributed by atoms with Crippen molar-refractivity contribution in [1.82, 2.24) is 0 Å². The third kappa shape index (κ3) is 3.66. The lowest BCUT2D eigenvalue weighted by Gasteiger charge is -2.07. The van der Waals surface area contributed by atoms with Crippen LogP contribution < -0.4 is 5.73 Å². The summed E-state index contributed by atoms with van der Waals surface area (Å²) in [7, 11) is -7.19. The van der Waals surface area contributed by atoms with Crippen LogP contribution in [0.2, 0.25) is 0 Å². The topological polar surface area (TPSA) is 94.3 Å². The SMILES string of the molecule is CS(=O)(=O)c1ccc(/C=C/CN)cc1S(C)(=O)=O. The van der Waals surface area contributed by atoms with Gasteiger partial charge in [0.15, 0.2) is 19.7 Å². The maximum Gasteiger partial charge on any atom is 0.176 e. The summed E-state index contributed by atoms with van der Waals surface area (Å²) in [5, 5.41) is 0. The predicted octanol–water partition coefficient (Wildman–Crippen LogP) is 0.466. The molecule has 100 valence electrons. The fourth-order valence-corrected chi connectivity index (χ4v) is 3.86. The molecule has 1 aromatic carbocycles. The van der Waals surface area contributed by atoms with Crippen molar-refractivity contribution in [2.75, 3.05) is 19.1 Å². The zero-order chi connectivity index (χ0) is 14.0. The van der Waals surface area contributed by atoms with Gasteiger partial charge in [0.05, 0.1) is 9.79 Å². The largest absolute Gasteiger partial charge is 0.327 e. The van der Waals surface area contributed by atoms with E-state index < -0.39 is 19.7 Å². The van der Waals surface area contributed by atoms with Gasteiger partial charge in [-0.05, 0) is 17.7 Å². The van der Waals surface area contributed by atoms with Gasteiger partial charge in [-0.15, -0.1) is 0 Å². The summed E-state index contributed by atoms with van der Waals surface area (Å²) in [5.74, 6) is 0. The smallest absolute Gasteiger partial charge is 0.176 e. The molecule has 5 nitrogen and oxygen atoms in total. The summed E-state index contributed by atoms with van der Waals surface area (Å²) in [6, 6.07) is 4.16. The lowest BCUT2D eigenvalue weighted by Crippen LogP contribution is -2.07. The van der Waals surface area contributed by atoms with Crippen LogP contribution in [0.1, 0.15) is 5.56 Å². The lowest BCUT2D eigenvalue weighted by atomic mass is 10.2. The highest BCUT2D eigenvalue weighted by Crippen LogP contribution is 2.23. The van der Waals surface area contributed by atoms with Gasteiger partial charge in [0, 0.05) is 19.1 Å². The van der Waals surface area contributed by atoms with Crippen molar-refractivity contribution >= 4 is 25.8 Å². The summed E-state index contributed by atoms with van der Waals surface area (Å²) in [5.41, 5.74) is 5.89. The molecule has 0 unspecified atom stereocenters.